The first-order chi connectivity index (χ1) is 8.83. The molecule has 0 atom stereocenters. The second-order valence-corrected chi connectivity index (χ2v) is 4.11. The van der Waals surface area contributed by atoms with E-state index in [0.717, 1.165) is 43.6 Å². The van der Waals surface area contributed by atoms with Crippen LogP contribution in [0.15, 0.2) is 19.0 Å². The van der Waals surface area contributed by atoms with Gasteiger partial charge in [0.1, 0.15) is 12.1 Å². The molecule has 0 saturated carbocycles. The third-order valence-electron chi connectivity index (χ3n) is 2.51. The summed E-state index contributed by atoms with van der Waals surface area (Å²) in [7, 11) is 0. The van der Waals surface area contributed by atoms with Crippen LogP contribution in [0.25, 0.3) is 0 Å². The van der Waals surface area contributed by atoms with Gasteiger partial charge < -0.3 is 10.1 Å². The molecule has 0 aliphatic carbocycles. The fourth-order valence-corrected chi connectivity index (χ4v) is 1.63. The molecule has 0 spiro atoms. The van der Waals surface area contributed by atoms with Crippen LogP contribution in [0.3, 0.4) is 0 Å². The molecule has 18 heavy (non-hydrogen) atoms. The SMILES string of the molecule is C=CCCOc1ncnc(NCCC)c1CCC. The second-order valence-electron chi connectivity index (χ2n) is 4.11. The van der Waals surface area contributed by atoms with Gasteiger partial charge >= 0.3 is 0 Å². The lowest BCUT2D eigenvalue weighted by molar-refractivity contribution is 0.308. The van der Waals surface area contributed by atoms with E-state index in [-0.39, 0.29) is 0 Å². The summed E-state index contributed by atoms with van der Waals surface area (Å²) in [5.41, 5.74) is 1.08. The lowest BCUT2D eigenvalue weighted by Crippen LogP contribution is -2.09. The van der Waals surface area contributed by atoms with Gasteiger partial charge in [-0.2, -0.15) is 0 Å². The summed E-state index contributed by atoms with van der Waals surface area (Å²) in [5, 5.41) is 3.33. The molecule has 1 heterocycles. The molecule has 0 fully saturated rings. The largest absolute Gasteiger partial charge is 0.477 e. The number of hydrogen-bond donors (Lipinski definition) is 1. The first-order valence-corrected chi connectivity index (χ1v) is 6.64. The molecule has 0 bridgehead atoms. The minimum Gasteiger partial charge on any atom is -0.477 e. The molecule has 0 amide bonds. The van der Waals surface area contributed by atoms with Crippen LogP contribution in [0.2, 0.25) is 0 Å². The third kappa shape index (κ3) is 4.35. The van der Waals surface area contributed by atoms with Gasteiger partial charge in [0.05, 0.1) is 12.2 Å². The zero-order valence-corrected chi connectivity index (χ0v) is 11.4. The van der Waals surface area contributed by atoms with Crippen molar-refractivity contribution in [3.05, 3.63) is 24.5 Å². The van der Waals surface area contributed by atoms with E-state index >= 15 is 0 Å². The van der Waals surface area contributed by atoms with E-state index in [1.54, 1.807) is 6.33 Å². The highest BCUT2D eigenvalue weighted by molar-refractivity contribution is 5.48. The maximum atomic E-state index is 5.69. The van der Waals surface area contributed by atoms with Crippen molar-refractivity contribution in [2.75, 3.05) is 18.5 Å². The van der Waals surface area contributed by atoms with E-state index in [1.807, 2.05) is 6.08 Å². The monoisotopic (exact) mass is 249 g/mol. The number of aromatic nitrogens is 2. The lowest BCUT2D eigenvalue weighted by Gasteiger charge is -2.13. The Morgan fingerprint density at radius 2 is 2.17 bits per heavy atom. The number of nitrogens with zero attached hydrogens (tertiary/aromatic N) is 2. The summed E-state index contributed by atoms with van der Waals surface area (Å²) < 4.78 is 5.69. The standard InChI is InChI=1S/C14H23N3O/c1-4-7-10-18-14-12(8-5-2)13(15-9-6-3)16-11-17-14/h4,11H,1,5-10H2,2-3H3,(H,15,16,17). The molecular formula is C14H23N3O. The molecule has 0 radical (unpaired) electrons. The highest BCUT2D eigenvalue weighted by atomic mass is 16.5. The van der Waals surface area contributed by atoms with E-state index < -0.39 is 0 Å². The normalized spacial score (nSPS) is 10.1. The van der Waals surface area contributed by atoms with Crippen LogP contribution in [-0.2, 0) is 6.42 Å². The molecule has 4 heteroatoms. The van der Waals surface area contributed by atoms with Gasteiger partial charge in [-0.25, -0.2) is 9.97 Å². The molecule has 1 N–H and O–H groups in total. The number of nitrogens with one attached hydrogen (secondary N) is 1. The molecule has 4 nitrogen and oxygen atoms in total. The predicted molar refractivity (Wildman–Crippen MR) is 75.1 cm³/mol. The van der Waals surface area contributed by atoms with Gasteiger partial charge in [-0.1, -0.05) is 26.3 Å². The fourth-order valence-electron chi connectivity index (χ4n) is 1.63. The van der Waals surface area contributed by atoms with E-state index in [9.17, 15) is 0 Å². The summed E-state index contributed by atoms with van der Waals surface area (Å²) >= 11 is 0. The van der Waals surface area contributed by atoms with Crippen molar-refractivity contribution < 1.29 is 4.74 Å². The van der Waals surface area contributed by atoms with Gasteiger partial charge in [0.15, 0.2) is 0 Å². The lowest BCUT2D eigenvalue weighted by atomic mass is 10.1. The van der Waals surface area contributed by atoms with Gasteiger partial charge in [0.25, 0.3) is 0 Å². The minimum atomic E-state index is 0.616. The summed E-state index contributed by atoms with van der Waals surface area (Å²) in [4.78, 5) is 8.53. The van der Waals surface area contributed by atoms with Gasteiger partial charge in [0, 0.05) is 6.54 Å². The maximum Gasteiger partial charge on any atom is 0.221 e. The second kappa shape index (κ2) is 8.50. The number of hydrogen-bond acceptors (Lipinski definition) is 4. The molecule has 1 aromatic heterocycles. The fraction of sp³-hybridized carbons (Fsp3) is 0.571. The molecule has 0 saturated heterocycles. The van der Waals surface area contributed by atoms with E-state index in [4.69, 9.17) is 4.74 Å². The third-order valence-corrected chi connectivity index (χ3v) is 2.51. The van der Waals surface area contributed by atoms with Crippen LogP contribution in [0, 0.1) is 0 Å². The molecule has 100 valence electrons. The highest BCUT2D eigenvalue weighted by Crippen LogP contribution is 2.23. The van der Waals surface area contributed by atoms with Crippen LogP contribution in [0.5, 0.6) is 5.88 Å². The molecule has 1 aromatic rings. The first-order valence-electron chi connectivity index (χ1n) is 6.64. The van der Waals surface area contributed by atoms with Crippen molar-refractivity contribution in [3.8, 4) is 5.88 Å². The Kier molecular flexibility index (Phi) is 6.84. The molecule has 0 aromatic carbocycles. The smallest absolute Gasteiger partial charge is 0.221 e. The quantitative estimate of drug-likeness (QED) is 0.539. The summed E-state index contributed by atoms with van der Waals surface area (Å²) in [5.74, 6) is 1.61. The van der Waals surface area contributed by atoms with Gasteiger partial charge in [-0.3, -0.25) is 0 Å². The number of ether oxygens (including phenoxy) is 1. The van der Waals surface area contributed by atoms with Crippen molar-refractivity contribution in [1.29, 1.82) is 0 Å². The van der Waals surface area contributed by atoms with Crippen molar-refractivity contribution in [2.45, 2.75) is 39.5 Å². The zero-order chi connectivity index (χ0) is 13.2. The maximum absolute atomic E-state index is 5.69. The summed E-state index contributed by atoms with van der Waals surface area (Å²) in [6, 6.07) is 0. The molecule has 0 aliphatic rings. The van der Waals surface area contributed by atoms with Crippen molar-refractivity contribution in [2.24, 2.45) is 0 Å². The summed E-state index contributed by atoms with van der Waals surface area (Å²) in [6.45, 7) is 9.49. The van der Waals surface area contributed by atoms with Crippen LogP contribution in [0.4, 0.5) is 5.82 Å². The minimum absolute atomic E-state index is 0.616. The Balaban J connectivity index is 2.82. The van der Waals surface area contributed by atoms with Gasteiger partial charge in [0.2, 0.25) is 5.88 Å². The van der Waals surface area contributed by atoms with Crippen molar-refractivity contribution in [3.63, 3.8) is 0 Å². The molecule has 1 rings (SSSR count). The Morgan fingerprint density at radius 3 is 2.83 bits per heavy atom. The Morgan fingerprint density at radius 1 is 1.33 bits per heavy atom. The van der Waals surface area contributed by atoms with Crippen LogP contribution >= 0.6 is 0 Å². The van der Waals surface area contributed by atoms with E-state index in [1.165, 1.54) is 0 Å². The molecular weight excluding hydrogens is 226 g/mol. The van der Waals surface area contributed by atoms with Gasteiger partial charge in [-0.05, 0) is 19.3 Å². The van der Waals surface area contributed by atoms with Gasteiger partial charge in [-0.15, -0.1) is 6.58 Å². The van der Waals surface area contributed by atoms with Crippen molar-refractivity contribution in [1.82, 2.24) is 9.97 Å². The first kappa shape index (κ1) is 14.5. The Labute approximate surface area is 109 Å². The molecule has 0 unspecified atom stereocenters. The Bertz CT molecular complexity index is 366. The molecule has 0 aliphatic heterocycles. The van der Waals surface area contributed by atoms with Crippen LogP contribution in [-0.4, -0.2) is 23.1 Å². The average molecular weight is 249 g/mol. The average Bonchev–Trinajstić information content (AvgIpc) is 2.39. The number of rotatable bonds is 9. The topological polar surface area (TPSA) is 47.0 Å². The predicted octanol–water partition coefficient (Wildman–Crippen LogP) is 3.21. The zero-order valence-electron chi connectivity index (χ0n) is 11.4. The highest BCUT2D eigenvalue weighted by Gasteiger charge is 2.11. The van der Waals surface area contributed by atoms with E-state index in [2.05, 4.69) is 35.7 Å². The Hall–Kier alpha value is -1.58. The van der Waals surface area contributed by atoms with E-state index in [0.29, 0.717) is 12.5 Å². The van der Waals surface area contributed by atoms with Crippen LogP contribution in [0.1, 0.15) is 38.7 Å². The number of anilines is 1. The summed E-state index contributed by atoms with van der Waals surface area (Å²) in [6.07, 6.45) is 7.27. The van der Waals surface area contributed by atoms with Crippen molar-refractivity contribution >= 4 is 5.82 Å². The van der Waals surface area contributed by atoms with Crippen LogP contribution < -0.4 is 10.1 Å².